The summed E-state index contributed by atoms with van der Waals surface area (Å²) >= 11 is 0. The van der Waals surface area contributed by atoms with E-state index in [-0.39, 0.29) is 0 Å². The molecule has 0 spiro atoms. The lowest BCUT2D eigenvalue weighted by Gasteiger charge is -2.30. The summed E-state index contributed by atoms with van der Waals surface area (Å²) in [5, 5.41) is 0. The van der Waals surface area contributed by atoms with E-state index in [1.807, 2.05) is 20.8 Å². The third kappa shape index (κ3) is 5.34. The van der Waals surface area contributed by atoms with Crippen molar-refractivity contribution in [3.05, 3.63) is 35.4 Å². The van der Waals surface area contributed by atoms with Crippen LogP contribution < -0.4 is 0 Å². The third-order valence-corrected chi connectivity index (χ3v) is 8.09. The van der Waals surface area contributed by atoms with Crippen molar-refractivity contribution >= 4 is 9.84 Å². The minimum Gasteiger partial charge on any atom is -0.228 e. The molecular formula is C20H32O2S. The van der Waals surface area contributed by atoms with Gasteiger partial charge in [-0.2, -0.15) is 0 Å². The van der Waals surface area contributed by atoms with E-state index < -0.39 is 14.6 Å². The molecule has 1 aromatic carbocycles. The molecule has 0 heterocycles. The van der Waals surface area contributed by atoms with Crippen LogP contribution in [0.5, 0.6) is 0 Å². The summed E-state index contributed by atoms with van der Waals surface area (Å²) in [5.41, 5.74) is 2.74. The van der Waals surface area contributed by atoms with Crippen molar-refractivity contribution in [3.63, 3.8) is 0 Å². The maximum absolute atomic E-state index is 12.3. The van der Waals surface area contributed by atoms with Crippen molar-refractivity contribution in [2.75, 3.05) is 5.75 Å². The molecule has 1 aromatic rings. The average Bonchev–Trinajstić information content (AvgIpc) is 2.47. The van der Waals surface area contributed by atoms with Crippen LogP contribution in [-0.4, -0.2) is 18.9 Å². The van der Waals surface area contributed by atoms with Gasteiger partial charge < -0.3 is 0 Å². The number of sulfone groups is 1. The number of rotatable bonds is 5. The Balaban J connectivity index is 1.77. The standard InChI is InChI=1S/C20H32O2S/c1-16-5-7-17(8-6-16)9-10-18-11-13-19(14-12-18)15-23(21,22)20(2,3)4/h5-8,18-19H,9-15H2,1-4H3. The molecule has 0 amide bonds. The van der Waals surface area contributed by atoms with Crippen LogP contribution in [0.3, 0.4) is 0 Å². The molecule has 3 heteroatoms. The highest BCUT2D eigenvalue weighted by Gasteiger charge is 2.33. The fourth-order valence-electron chi connectivity index (χ4n) is 3.37. The molecule has 23 heavy (non-hydrogen) atoms. The Morgan fingerprint density at radius 1 is 0.957 bits per heavy atom. The Kier molecular flexibility index (Phi) is 5.94. The van der Waals surface area contributed by atoms with E-state index in [1.165, 1.54) is 30.4 Å². The fourth-order valence-corrected chi connectivity index (χ4v) is 4.83. The second kappa shape index (κ2) is 7.38. The lowest BCUT2D eigenvalue weighted by molar-refractivity contribution is 0.278. The predicted molar refractivity (Wildman–Crippen MR) is 98.5 cm³/mol. The van der Waals surface area contributed by atoms with Crippen LogP contribution in [0.15, 0.2) is 24.3 Å². The zero-order valence-electron chi connectivity index (χ0n) is 15.1. The molecule has 2 nitrogen and oxygen atoms in total. The highest BCUT2D eigenvalue weighted by atomic mass is 32.2. The second-order valence-electron chi connectivity index (χ2n) is 8.30. The maximum Gasteiger partial charge on any atom is 0.155 e. The molecule has 2 rings (SSSR count). The van der Waals surface area contributed by atoms with E-state index in [0.29, 0.717) is 11.7 Å². The highest BCUT2D eigenvalue weighted by molar-refractivity contribution is 7.92. The monoisotopic (exact) mass is 336 g/mol. The van der Waals surface area contributed by atoms with Gasteiger partial charge in [0.15, 0.2) is 9.84 Å². The molecule has 0 atom stereocenters. The summed E-state index contributed by atoms with van der Waals surface area (Å²) in [5.74, 6) is 1.51. The Labute approximate surface area is 142 Å². The SMILES string of the molecule is Cc1ccc(CCC2CCC(CS(=O)(=O)C(C)(C)C)CC2)cc1. The van der Waals surface area contributed by atoms with E-state index >= 15 is 0 Å². The minimum absolute atomic E-state index is 0.370. The Bertz CT molecular complexity index is 586. The first-order valence-corrected chi connectivity index (χ1v) is 10.6. The first kappa shape index (κ1) is 18.5. The largest absolute Gasteiger partial charge is 0.228 e. The number of benzene rings is 1. The average molecular weight is 337 g/mol. The van der Waals surface area contributed by atoms with Crippen molar-refractivity contribution < 1.29 is 8.42 Å². The molecule has 0 bridgehead atoms. The molecule has 0 radical (unpaired) electrons. The molecular weight excluding hydrogens is 304 g/mol. The molecule has 1 fully saturated rings. The zero-order chi connectivity index (χ0) is 17.1. The first-order valence-electron chi connectivity index (χ1n) is 8.95. The molecule has 1 aliphatic carbocycles. The molecule has 1 saturated carbocycles. The highest BCUT2D eigenvalue weighted by Crippen LogP contribution is 2.34. The van der Waals surface area contributed by atoms with Crippen molar-refractivity contribution in [3.8, 4) is 0 Å². The molecule has 0 saturated heterocycles. The molecule has 130 valence electrons. The van der Waals surface area contributed by atoms with Crippen LogP contribution in [0.4, 0.5) is 0 Å². The molecule has 0 aromatic heterocycles. The van der Waals surface area contributed by atoms with Crippen LogP contribution in [-0.2, 0) is 16.3 Å². The van der Waals surface area contributed by atoms with Gasteiger partial charge in [-0.1, -0.05) is 42.7 Å². The lowest BCUT2D eigenvalue weighted by atomic mass is 9.80. The van der Waals surface area contributed by atoms with Gasteiger partial charge in [-0.3, -0.25) is 0 Å². The van der Waals surface area contributed by atoms with Crippen molar-refractivity contribution in [1.82, 2.24) is 0 Å². The Morgan fingerprint density at radius 2 is 1.48 bits per heavy atom. The van der Waals surface area contributed by atoms with E-state index in [4.69, 9.17) is 0 Å². The maximum atomic E-state index is 12.3. The van der Waals surface area contributed by atoms with Gasteiger partial charge in [-0.25, -0.2) is 8.42 Å². The summed E-state index contributed by atoms with van der Waals surface area (Å²) in [7, 11) is -2.97. The van der Waals surface area contributed by atoms with Crippen molar-refractivity contribution in [2.45, 2.75) is 71.0 Å². The molecule has 0 unspecified atom stereocenters. The quantitative estimate of drug-likeness (QED) is 0.762. The van der Waals surface area contributed by atoms with E-state index in [9.17, 15) is 8.42 Å². The van der Waals surface area contributed by atoms with Gasteiger partial charge in [-0.05, 0) is 70.8 Å². The smallest absolute Gasteiger partial charge is 0.155 e. The van der Waals surface area contributed by atoms with Gasteiger partial charge in [0.25, 0.3) is 0 Å². The summed E-state index contributed by atoms with van der Waals surface area (Å²) in [6.45, 7) is 7.57. The van der Waals surface area contributed by atoms with Gasteiger partial charge in [0.05, 0.1) is 10.5 Å². The summed E-state index contributed by atoms with van der Waals surface area (Å²) in [6.07, 6.45) is 6.92. The number of hydrogen-bond donors (Lipinski definition) is 0. The van der Waals surface area contributed by atoms with Gasteiger partial charge in [0.2, 0.25) is 0 Å². The topological polar surface area (TPSA) is 34.1 Å². The summed E-state index contributed by atoms with van der Waals surface area (Å²) in [6, 6.07) is 8.83. The summed E-state index contributed by atoms with van der Waals surface area (Å²) in [4.78, 5) is 0. The Morgan fingerprint density at radius 3 is 2.00 bits per heavy atom. The zero-order valence-corrected chi connectivity index (χ0v) is 16.0. The van der Waals surface area contributed by atoms with Crippen molar-refractivity contribution in [1.29, 1.82) is 0 Å². The summed E-state index contributed by atoms with van der Waals surface area (Å²) < 4.78 is 24.1. The third-order valence-electron chi connectivity index (χ3n) is 5.32. The van der Waals surface area contributed by atoms with Gasteiger partial charge >= 0.3 is 0 Å². The fraction of sp³-hybridized carbons (Fsp3) is 0.700. The predicted octanol–water partition coefficient (Wildman–Crippen LogP) is 4.95. The number of aryl methyl sites for hydroxylation is 2. The first-order chi connectivity index (χ1) is 10.7. The minimum atomic E-state index is -2.97. The second-order valence-corrected chi connectivity index (χ2v) is 11.1. The Hall–Kier alpha value is -0.830. The van der Waals surface area contributed by atoms with E-state index in [2.05, 4.69) is 31.2 Å². The van der Waals surface area contributed by atoms with Gasteiger partial charge in [0, 0.05) is 0 Å². The van der Waals surface area contributed by atoms with Gasteiger partial charge in [0.1, 0.15) is 0 Å². The van der Waals surface area contributed by atoms with Gasteiger partial charge in [-0.15, -0.1) is 0 Å². The number of hydrogen-bond acceptors (Lipinski definition) is 2. The van der Waals surface area contributed by atoms with Crippen molar-refractivity contribution in [2.24, 2.45) is 11.8 Å². The van der Waals surface area contributed by atoms with Crippen LogP contribution in [0, 0.1) is 18.8 Å². The van der Waals surface area contributed by atoms with E-state index in [0.717, 1.165) is 25.2 Å². The van der Waals surface area contributed by atoms with Crippen LogP contribution in [0.25, 0.3) is 0 Å². The molecule has 0 N–H and O–H groups in total. The van der Waals surface area contributed by atoms with Crippen LogP contribution in [0.1, 0.15) is 64.0 Å². The normalized spacial score (nSPS) is 23.0. The van der Waals surface area contributed by atoms with Crippen LogP contribution in [0.2, 0.25) is 0 Å². The molecule has 1 aliphatic rings. The van der Waals surface area contributed by atoms with E-state index in [1.54, 1.807) is 0 Å². The lowest BCUT2D eigenvalue weighted by Crippen LogP contribution is -2.34. The van der Waals surface area contributed by atoms with Crippen LogP contribution >= 0.6 is 0 Å². The molecule has 0 aliphatic heterocycles.